The van der Waals surface area contributed by atoms with Crippen LogP contribution in [0.1, 0.15) is 284 Å². The molecule has 422 valence electrons. The van der Waals surface area contributed by atoms with Gasteiger partial charge in [-0.15, -0.1) is 0 Å². The van der Waals surface area contributed by atoms with Crippen molar-refractivity contribution in [3.8, 4) is 0 Å². The van der Waals surface area contributed by atoms with Crippen molar-refractivity contribution < 1.29 is 28.6 Å². The van der Waals surface area contributed by atoms with Crippen LogP contribution in [0.2, 0.25) is 0 Å². The largest absolute Gasteiger partial charge is 0.462 e. The van der Waals surface area contributed by atoms with Crippen molar-refractivity contribution in [1.29, 1.82) is 0 Å². The third kappa shape index (κ3) is 59.0. The maximum atomic E-state index is 12.9. The summed E-state index contributed by atoms with van der Waals surface area (Å²) in [4.78, 5) is 38.3. The minimum atomic E-state index is -0.794. The molecular weight excluding hydrogens is 913 g/mol. The van der Waals surface area contributed by atoms with Crippen LogP contribution in [0.25, 0.3) is 0 Å². The fourth-order valence-corrected chi connectivity index (χ4v) is 8.42. The quantitative estimate of drug-likeness (QED) is 0.0261. The van der Waals surface area contributed by atoms with Crippen molar-refractivity contribution in [2.45, 2.75) is 290 Å². The van der Waals surface area contributed by atoms with Gasteiger partial charge in [0.2, 0.25) is 0 Å². The third-order valence-corrected chi connectivity index (χ3v) is 13.0. The van der Waals surface area contributed by atoms with Crippen LogP contribution in [0.3, 0.4) is 0 Å². The number of carbonyl (C=O) groups excluding carboxylic acids is 3. The lowest BCUT2D eigenvalue weighted by Crippen LogP contribution is -2.30. The van der Waals surface area contributed by atoms with Gasteiger partial charge in [-0.25, -0.2) is 0 Å². The molecular formula is C68H114O6. The second kappa shape index (κ2) is 61.6. The zero-order chi connectivity index (χ0) is 53.6. The molecule has 0 radical (unpaired) electrons. The highest BCUT2D eigenvalue weighted by Crippen LogP contribution is 2.15. The van der Waals surface area contributed by atoms with Crippen molar-refractivity contribution >= 4 is 17.9 Å². The third-order valence-electron chi connectivity index (χ3n) is 13.0. The summed E-state index contributed by atoms with van der Waals surface area (Å²) in [6, 6.07) is 0. The predicted octanol–water partition coefficient (Wildman–Crippen LogP) is 21.0. The highest BCUT2D eigenvalue weighted by Gasteiger charge is 2.19. The van der Waals surface area contributed by atoms with Gasteiger partial charge in [0.05, 0.1) is 0 Å². The van der Waals surface area contributed by atoms with Gasteiger partial charge in [0, 0.05) is 19.3 Å². The molecule has 0 aromatic carbocycles. The number of rotatable bonds is 55. The molecule has 0 bridgehead atoms. The molecule has 0 saturated heterocycles. The molecule has 0 fully saturated rings. The van der Waals surface area contributed by atoms with Gasteiger partial charge in [-0.1, -0.05) is 252 Å². The molecule has 0 aliphatic heterocycles. The van der Waals surface area contributed by atoms with Gasteiger partial charge >= 0.3 is 17.9 Å². The first-order valence-electron chi connectivity index (χ1n) is 30.9. The average Bonchev–Trinajstić information content (AvgIpc) is 3.40. The standard InChI is InChI=1S/C68H114O6/c1-4-7-10-13-16-19-22-25-28-30-32-33-34-35-36-38-40-43-46-49-52-55-58-61-67(70)73-64-65(63-72-66(69)60-57-54-51-48-45-42-39-27-24-21-18-15-12-9-6-3)74-68(71)62-59-56-53-50-47-44-41-37-31-29-26-23-20-17-14-11-8-5-2/h7,9-10,12,16,18-21,23,25,27-29,31-33,39,65H,4-6,8,11,13-15,17,22,24,26,30,34-38,40-64H2,1-3H3/b10-7-,12-9-,19-16-,21-18-,23-20-,28-25-,31-29-,33-32-,39-27-. The smallest absolute Gasteiger partial charge is 0.306 e. The molecule has 1 atom stereocenters. The molecule has 6 nitrogen and oxygen atoms in total. The zero-order valence-corrected chi connectivity index (χ0v) is 48.3. The summed E-state index contributed by atoms with van der Waals surface area (Å²) in [6.45, 7) is 6.39. The Balaban J connectivity index is 4.40. The molecule has 0 saturated carbocycles. The van der Waals surface area contributed by atoms with E-state index in [4.69, 9.17) is 14.2 Å². The maximum absolute atomic E-state index is 12.9. The number of esters is 3. The monoisotopic (exact) mass is 1030 g/mol. The van der Waals surface area contributed by atoms with Crippen LogP contribution in [0, 0.1) is 0 Å². The SMILES string of the molecule is CC/C=C\C/C=C\C/C=C\C/C=C\CCCCCCCCCCCCC(=O)OCC(COC(=O)CCCCCCC/C=C\C/C=C\C/C=C\CC)OC(=O)CCCCCCCCC/C=C\C/C=C\CCCCCC. The highest BCUT2D eigenvalue weighted by molar-refractivity contribution is 5.71. The van der Waals surface area contributed by atoms with Crippen LogP contribution in [0.15, 0.2) is 109 Å². The van der Waals surface area contributed by atoms with E-state index >= 15 is 0 Å². The van der Waals surface area contributed by atoms with Crippen LogP contribution < -0.4 is 0 Å². The van der Waals surface area contributed by atoms with E-state index in [0.717, 1.165) is 135 Å². The Morgan fingerprint density at radius 3 is 0.824 bits per heavy atom. The molecule has 0 aromatic rings. The average molecular weight is 1030 g/mol. The number of allylic oxidation sites excluding steroid dienone is 18. The second-order valence-corrected chi connectivity index (χ2v) is 20.2. The Morgan fingerprint density at radius 1 is 0.284 bits per heavy atom. The first kappa shape index (κ1) is 70.1. The summed E-state index contributed by atoms with van der Waals surface area (Å²) >= 11 is 0. The zero-order valence-electron chi connectivity index (χ0n) is 48.3. The van der Waals surface area contributed by atoms with E-state index in [-0.39, 0.29) is 31.1 Å². The first-order valence-corrected chi connectivity index (χ1v) is 30.9. The van der Waals surface area contributed by atoms with Crippen LogP contribution in [-0.2, 0) is 28.6 Å². The molecule has 0 heterocycles. The van der Waals surface area contributed by atoms with Crippen molar-refractivity contribution in [2.24, 2.45) is 0 Å². The molecule has 0 spiro atoms. The molecule has 0 N–H and O–H groups in total. The molecule has 0 rings (SSSR count). The summed E-state index contributed by atoms with van der Waals surface area (Å²) in [6.07, 6.45) is 83.7. The summed E-state index contributed by atoms with van der Waals surface area (Å²) in [5.74, 6) is -0.914. The lowest BCUT2D eigenvalue weighted by molar-refractivity contribution is -0.167. The summed E-state index contributed by atoms with van der Waals surface area (Å²) in [7, 11) is 0. The van der Waals surface area contributed by atoms with Crippen molar-refractivity contribution in [3.05, 3.63) is 109 Å². The molecule has 0 amide bonds. The van der Waals surface area contributed by atoms with E-state index in [1.807, 2.05) is 0 Å². The minimum absolute atomic E-state index is 0.0899. The Hall–Kier alpha value is -3.93. The Kier molecular flexibility index (Phi) is 58.3. The van der Waals surface area contributed by atoms with Gasteiger partial charge in [-0.2, -0.15) is 0 Å². The van der Waals surface area contributed by atoms with E-state index < -0.39 is 6.10 Å². The van der Waals surface area contributed by atoms with Gasteiger partial charge in [-0.3, -0.25) is 14.4 Å². The number of hydrogen-bond acceptors (Lipinski definition) is 6. The predicted molar refractivity (Wildman–Crippen MR) is 320 cm³/mol. The minimum Gasteiger partial charge on any atom is -0.462 e. The van der Waals surface area contributed by atoms with Gasteiger partial charge in [0.1, 0.15) is 13.2 Å². The van der Waals surface area contributed by atoms with Gasteiger partial charge in [-0.05, 0) is 122 Å². The van der Waals surface area contributed by atoms with E-state index in [0.29, 0.717) is 19.3 Å². The van der Waals surface area contributed by atoms with Crippen molar-refractivity contribution in [2.75, 3.05) is 13.2 Å². The van der Waals surface area contributed by atoms with Gasteiger partial charge in [0.15, 0.2) is 6.10 Å². The topological polar surface area (TPSA) is 78.9 Å². The van der Waals surface area contributed by atoms with E-state index in [2.05, 4.69) is 130 Å². The van der Waals surface area contributed by atoms with E-state index in [9.17, 15) is 14.4 Å². The lowest BCUT2D eigenvalue weighted by atomic mass is 10.1. The van der Waals surface area contributed by atoms with Crippen LogP contribution in [-0.4, -0.2) is 37.2 Å². The van der Waals surface area contributed by atoms with Gasteiger partial charge < -0.3 is 14.2 Å². The van der Waals surface area contributed by atoms with Crippen LogP contribution in [0.4, 0.5) is 0 Å². The van der Waals surface area contributed by atoms with Crippen LogP contribution in [0.5, 0.6) is 0 Å². The number of carbonyl (C=O) groups is 3. The number of unbranched alkanes of at least 4 members (excludes halogenated alkanes) is 26. The van der Waals surface area contributed by atoms with Gasteiger partial charge in [0.25, 0.3) is 0 Å². The molecule has 0 aromatic heterocycles. The second-order valence-electron chi connectivity index (χ2n) is 20.2. The Labute approximate surface area is 457 Å². The van der Waals surface area contributed by atoms with E-state index in [1.165, 1.54) is 109 Å². The molecule has 1 unspecified atom stereocenters. The highest BCUT2D eigenvalue weighted by atomic mass is 16.6. The summed E-state index contributed by atoms with van der Waals surface area (Å²) < 4.78 is 16.9. The van der Waals surface area contributed by atoms with Crippen LogP contribution >= 0.6 is 0 Å². The maximum Gasteiger partial charge on any atom is 0.306 e. The number of ether oxygens (including phenoxy) is 3. The molecule has 74 heavy (non-hydrogen) atoms. The molecule has 0 aliphatic carbocycles. The summed E-state index contributed by atoms with van der Waals surface area (Å²) in [5.41, 5.74) is 0. The molecule has 6 heteroatoms. The Morgan fingerprint density at radius 2 is 0.527 bits per heavy atom. The normalized spacial score (nSPS) is 12.9. The Bertz CT molecular complexity index is 1510. The fourth-order valence-electron chi connectivity index (χ4n) is 8.42. The fraction of sp³-hybridized carbons (Fsp3) is 0.691. The first-order chi connectivity index (χ1) is 36.5. The lowest BCUT2D eigenvalue weighted by Gasteiger charge is -2.18. The summed E-state index contributed by atoms with van der Waals surface area (Å²) in [5, 5.41) is 0. The number of hydrogen-bond donors (Lipinski definition) is 0. The van der Waals surface area contributed by atoms with E-state index in [1.54, 1.807) is 0 Å². The molecule has 0 aliphatic rings. The van der Waals surface area contributed by atoms with Crippen molar-refractivity contribution in [3.63, 3.8) is 0 Å². The van der Waals surface area contributed by atoms with Crippen molar-refractivity contribution in [1.82, 2.24) is 0 Å².